The zero-order chi connectivity index (χ0) is 21.1. The standard InChI is InChI=1S/C19H24N5O5/c1-20-7-6-15-19(16(25)21(2)18(27)22(3)17(19)26)11-12-10-13(24(28)29)4-5-14(12)23(15)9-8-20/h4-5,10,15,28H,6-9,11H2,1-3H3/q-1. The zero-order valence-electron chi connectivity index (χ0n) is 16.7. The molecule has 0 bridgehead atoms. The van der Waals surface area contributed by atoms with Crippen molar-refractivity contribution in [3.63, 3.8) is 0 Å². The topological polar surface area (TPSA) is 111 Å². The second-order valence-electron chi connectivity index (χ2n) is 8.05. The molecular weight excluding hydrogens is 378 g/mol. The minimum absolute atomic E-state index is 0.0257. The number of hydrogen-bond acceptors (Lipinski definition) is 8. The average Bonchev–Trinajstić information content (AvgIpc) is 2.91. The number of imide groups is 2. The molecule has 0 radical (unpaired) electrons. The smallest absolute Gasteiger partial charge is 0.332 e. The van der Waals surface area contributed by atoms with Crippen LogP contribution in [0.2, 0.25) is 0 Å². The van der Waals surface area contributed by atoms with Gasteiger partial charge in [-0.05, 0) is 50.2 Å². The van der Waals surface area contributed by atoms with E-state index in [1.807, 2.05) is 11.9 Å². The first-order chi connectivity index (χ1) is 13.7. The van der Waals surface area contributed by atoms with Crippen molar-refractivity contribution in [2.75, 3.05) is 50.9 Å². The van der Waals surface area contributed by atoms with Crippen molar-refractivity contribution in [1.82, 2.24) is 14.7 Å². The largest absolute Gasteiger partial charge is 0.733 e. The molecule has 0 aromatic heterocycles. The minimum atomic E-state index is -1.46. The van der Waals surface area contributed by atoms with E-state index in [2.05, 4.69) is 4.90 Å². The zero-order valence-corrected chi connectivity index (χ0v) is 16.7. The predicted molar refractivity (Wildman–Crippen MR) is 104 cm³/mol. The van der Waals surface area contributed by atoms with Crippen LogP contribution in [0.4, 0.5) is 16.2 Å². The Kier molecular flexibility index (Phi) is 4.52. The lowest BCUT2D eigenvalue weighted by Crippen LogP contribution is -2.71. The van der Waals surface area contributed by atoms with Crippen LogP contribution in [0.1, 0.15) is 12.0 Å². The molecule has 1 aromatic rings. The number of anilines is 2. The molecule has 3 aliphatic heterocycles. The van der Waals surface area contributed by atoms with Gasteiger partial charge < -0.3 is 20.2 Å². The number of barbiturate groups is 1. The number of urea groups is 1. The van der Waals surface area contributed by atoms with Gasteiger partial charge in [-0.25, -0.2) is 4.79 Å². The van der Waals surface area contributed by atoms with Crippen LogP contribution in [0, 0.1) is 10.6 Å². The van der Waals surface area contributed by atoms with Crippen molar-refractivity contribution in [3.8, 4) is 0 Å². The molecule has 10 heteroatoms. The summed E-state index contributed by atoms with van der Waals surface area (Å²) < 4.78 is 0. The molecular formula is C19H24N5O5-. The Labute approximate surface area is 168 Å². The van der Waals surface area contributed by atoms with Crippen LogP contribution in [0.5, 0.6) is 0 Å². The molecule has 1 atom stereocenters. The molecule has 2 fully saturated rings. The predicted octanol–water partition coefficient (Wildman–Crippen LogP) is 0.483. The second kappa shape index (κ2) is 6.68. The van der Waals surface area contributed by atoms with Crippen molar-refractivity contribution in [3.05, 3.63) is 29.0 Å². The number of fused-ring (bicyclic) bond motifs is 4. The molecule has 1 aromatic carbocycles. The summed E-state index contributed by atoms with van der Waals surface area (Å²) in [5.74, 6) is -1.05. The van der Waals surface area contributed by atoms with Gasteiger partial charge >= 0.3 is 6.03 Å². The van der Waals surface area contributed by atoms with Gasteiger partial charge in [-0.1, -0.05) is 0 Å². The van der Waals surface area contributed by atoms with Crippen LogP contribution < -0.4 is 10.1 Å². The molecule has 1 N–H and O–H groups in total. The summed E-state index contributed by atoms with van der Waals surface area (Å²) in [6, 6.07) is 3.70. The van der Waals surface area contributed by atoms with E-state index in [4.69, 9.17) is 0 Å². The van der Waals surface area contributed by atoms with Gasteiger partial charge in [0.2, 0.25) is 11.8 Å². The van der Waals surface area contributed by atoms with Gasteiger partial charge in [0.25, 0.3) is 0 Å². The van der Waals surface area contributed by atoms with Crippen molar-refractivity contribution in [2.45, 2.75) is 18.9 Å². The number of likely N-dealkylation sites (N-methyl/N-ethyl adjacent to an activating group) is 1. The Bertz CT molecular complexity index is 864. The Morgan fingerprint density at radius 3 is 2.34 bits per heavy atom. The molecule has 2 saturated heterocycles. The molecule has 0 saturated carbocycles. The molecule has 156 valence electrons. The number of nitrogens with zero attached hydrogens (tertiary/aromatic N) is 5. The average molecular weight is 402 g/mol. The maximum absolute atomic E-state index is 13.4. The van der Waals surface area contributed by atoms with E-state index in [0.29, 0.717) is 25.1 Å². The quantitative estimate of drug-likeness (QED) is 0.534. The first-order valence-corrected chi connectivity index (χ1v) is 9.53. The molecule has 10 nitrogen and oxygen atoms in total. The summed E-state index contributed by atoms with van der Waals surface area (Å²) >= 11 is 0. The van der Waals surface area contributed by atoms with Crippen LogP contribution in [-0.2, 0) is 16.0 Å². The Morgan fingerprint density at radius 2 is 1.72 bits per heavy atom. The Hall–Kier alpha value is -2.69. The second-order valence-corrected chi connectivity index (χ2v) is 8.05. The third-order valence-electron chi connectivity index (χ3n) is 6.46. The highest BCUT2D eigenvalue weighted by Crippen LogP contribution is 2.47. The highest BCUT2D eigenvalue weighted by atomic mass is 16.8. The highest BCUT2D eigenvalue weighted by molar-refractivity contribution is 6.20. The first kappa shape index (κ1) is 19.6. The summed E-state index contributed by atoms with van der Waals surface area (Å²) in [5, 5.41) is 20.5. The van der Waals surface area contributed by atoms with E-state index in [-0.39, 0.29) is 17.3 Å². The van der Waals surface area contributed by atoms with Crippen molar-refractivity contribution < 1.29 is 19.6 Å². The third kappa shape index (κ3) is 2.70. The van der Waals surface area contributed by atoms with E-state index in [0.717, 1.165) is 22.0 Å². The van der Waals surface area contributed by atoms with Crippen LogP contribution in [0.3, 0.4) is 0 Å². The lowest BCUT2D eigenvalue weighted by Gasteiger charge is -2.52. The Morgan fingerprint density at radius 1 is 1.07 bits per heavy atom. The van der Waals surface area contributed by atoms with Gasteiger partial charge in [0.1, 0.15) is 0 Å². The van der Waals surface area contributed by atoms with Gasteiger partial charge in [-0.15, -0.1) is 0 Å². The van der Waals surface area contributed by atoms with E-state index in [9.17, 15) is 24.8 Å². The molecule has 3 aliphatic rings. The minimum Gasteiger partial charge on any atom is -0.733 e. The first-order valence-electron chi connectivity index (χ1n) is 9.53. The van der Waals surface area contributed by atoms with Gasteiger partial charge in [-0.2, -0.15) is 0 Å². The van der Waals surface area contributed by atoms with Gasteiger partial charge in [-0.3, -0.25) is 24.6 Å². The number of benzene rings is 1. The number of hydrogen-bond donors (Lipinski definition) is 1. The normalized spacial score (nSPS) is 24.5. The summed E-state index contributed by atoms with van der Waals surface area (Å²) in [6.07, 6.45) is 0.646. The van der Waals surface area contributed by atoms with E-state index < -0.39 is 29.3 Å². The monoisotopic (exact) mass is 402 g/mol. The number of carbonyl (C=O) groups is 3. The molecule has 4 rings (SSSR count). The lowest BCUT2D eigenvalue weighted by atomic mass is 9.67. The summed E-state index contributed by atoms with van der Waals surface area (Å²) in [4.78, 5) is 45.4. The molecule has 1 spiro atoms. The summed E-state index contributed by atoms with van der Waals surface area (Å²) in [5.41, 5.74) is 0.0235. The van der Waals surface area contributed by atoms with E-state index in [1.165, 1.54) is 26.2 Å². The summed E-state index contributed by atoms with van der Waals surface area (Å²) in [6.45, 7) is 2.05. The van der Waals surface area contributed by atoms with Crippen molar-refractivity contribution >= 4 is 29.2 Å². The number of rotatable bonds is 1. The molecule has 3 heterocycles. The van der Waals surface area contributed by atoms with Crippen molar-refractivity contribution in [1.29, 1.82) is 0 Å². The molecule has 4 amide bonds. The molecule has 29 heavy (non-hydrogen) atoms. The molecule has 1 unspecified atom stereocenters. The lowest BCUT2D eigenvalue weighted by molar-refractivity contribution is -0.159. The van der Waals surface area contributed by atoms with Crippen LogP contribution in [0.25, 0.3) is 0 Å². The molecule has 0 aliphatic carbocycles. The van der Waals surface area contributed by atoms with Gasteiger partial charge in [0.05, 0.1) is 11.7 Å². The number of carbonyl (C=O) groups excluding carboxylic acids is 3. The third-order valence-corrected chi connectivity index (χ3v) is 6.46. The van der Waals surface area contributed by atoms with E-state index in [1.54, 1.807) is 6.07 Å². The maximum Gasteiger partial charge on any atom is 0.332 e. The fourth-order valence-corrected chi connectivity index (χ4v) is 4.90. The fourth-order valence-electron chi connectivity index (χ4n) is 4.90. The Balaban J connectivity index is 1.92. The number of amides is 4. The van der Waals surface area contributed by atoms with Gasteiger partial charge in [0.15, 0.2) is 5.41 Å². The van der Waals surface area contributed by atoms with Crippen molar-refractivity contribution in [2.24, 2.45) is 5.41 Å². The van der Waals surface area contributed by atoms with Crippen LogP contribution in [-0.4, -0.2) is 84.6 Å². The highest BCUT2D eigenvalue weighted by Gasteiger charge is 2.63. The van der Waals surface area contributed by atoms with E-state index >= 15 is 0 Å². The fraction of sp³-hybridized carbons (Fsp3) is 0.526. The maximum atomic E-state index is 13.4. The summed E-state index contributed by atoms with van der Waals surface area (Å²) in [7, 11) is 4.77. The SMILES string of the molecule is CN1CCC2N(CC1)c1ccc(N([O-])O)cc1CC21C(=O)N(C)C(=O)N(C)C1=O. The van der Waals surface area contributed by atoms with Crippen LogP contribution in [0.15, 0.2) is 18.2 Å². The van der Waals surface area contributed by atoms with Crippen LogP contribution >= 0.6 is 0 Å². The van der Waals surface area contributed by atoms with Gasteiger partial charge in [0, 0.05) is 32.9 Å².